The lowest BCUT2D eigenvalue weighted by molar-refractivity contribution is -0.141. The molecule has 0 saturated carbocycles. The van der Waals surface area contributed by atoms with Crippen LogP contribution in [-0.4, -0.2) is 28.6 Å². The van der Waals surface area contributed by atoms with Gasteiger partial charge in [0.2, 0.25) is 0 Å². The summed E-state index contributed by atoms with van der Waals surface area (Å²) in [7, 11) is 0. The van der Waals surface area contributed by atoms with Gasteiger partial charge in [-0.1, -0.05) is 17.7 Å². The maximum absolute atomic E-state index is 12.9. The molecule has 0 unspecified atom stereocenters. The van der Waals surface area contributed by atoms with E-state index >= 15 is 0 Å². The summed E-state index contributed by atoms with van der Waals surface area (Å²) >= 11 is 6.09. The van der Waals surface area contributed by atoms with Gasteiger partial charge in [0.05, 0.1) is 11.2 Å². The van der Waals surface area contributed by atoms with Crippen molar-refractivity contribution in [3.05, 3.63) is 53.4 Å². The summed E-state index contributed by atoms with van der Waals surface area (Å²) in [6.45, 7) is 7.84. The maximum atomic E-state index is 12.9. The van der Waals surface area contributed by atoms with Crippen LogP contribution in [0.3, 0.4) is 0 Å². The molecule has 0 aliphatic carbocycles. The minimum Gasteiger partial charge on any atom is -0.384 e. The van der Waals surface area contributed by atoms with Crippen LogP contribution in [0.15, 0.2) is 42.7 Å². The van der Waals surface area contributed by atoms with Gasteiger partial charge >= 0.3 is 6.18 Å². The molecule has 3 rings (SSSR count). The summed E-state index contributed by atoms with van der Waals surface area (Å²) in [5.41, 5.74) is 1.87. The van der Waals surface area contributed by atoms with Crippen molar-refractivity contribution in [1.29, 1.82) is 0 Å². The normalized spacial score (nSPS) is 12.4. The average Bonchev–Trinajstić information content (AvgIpc) is 2.66. The van der Waals surface area contributed by atoms with Crippen molar-refractivity contribution in [3.63, 3.8) is 0 Å². The van der Waals surface area contributed by atoms with Crippen molar-refractivity contribution in [2.75, 3.05) is 18.4 Å². The van der Waals surface area contributed by atoms with Gasteiger partial charge in [-0.05, 0) is 58.0 Å². The van der Waals surface area contributed by atoms with Crippen LogP contribution in [0.2, 0.25) is 5.02 Å². The minimum absolute atomic E-state index is 0.0389. The van der Waals surface area contributed by atoms with E-state index in [1.165, 1.54) is 12.3 Å². The molecule has 30 heavy (non-hydrogen) atoms. The number of anilines is 1. The Labute approximate surface area is 178 Å². The third-order valence-corrected chi connectivity index (χ3v) is 4.74. The Hall–Kier alpha value is -2.38. The highest BCUT2D eigenvalue weighted by Gasteiger charge is 2.32. The summed E-state index contributed by atoms with van der Waals surface area (Å²) in [6.07, 6.45) is -0.732. The Morgan fingerprint density at radius 2 is 1.73 bits per heavy atom. The molecule has 8 heteroatoms. The second kappa shape index (κ2) is 8.78. The average molecular weight is 437 g/mol. The van der Waals surface area contributed by atoms with Crippen molar-refractivity contribution in [2.45, 2.75) is 38.9 Å². The van der Waals surface area contributed by atoms with Crippen LogP contribution >= 0.6 is 11.6 Å². The Morgan fingerprint density at radius 3 is 2.37 bits per heavy atom. The number of benzene rings is 1. The zero-order valence-corrected chi connectivity index (χ0v) is 17.8. The molecular weight excluding hydrogens is 413 g/mol. The molecule has 0 fully saturated rings. The monoisotopic (exact) mass is 436 g/mol. The molecule has 0 bridgehead atoms. The summed E-state index contributed by atoms with van der Waals surface area (Å²) in [4.78, 5) is 8.03. The lowest BCUT2D eigenvalue weighted by Crippen LogP contribution is -2.36. The van der Waals surface area contributed by atoms with Gasteiger partial charge in [0.25, 0.3) is 0 Å². The lowest BCUT2D eigenvalue weighted by Gasteiger charge is -2.21. The van der Waals surface area contributed by atoms with E-state index in [9.17, 15) is 13.2 Å². The van der Waals surface area contributed by atoms with Gasteiger partial charge in [0, 0.05) is 46.0 Å². The Kier molecular flexibility index (Phi) is 6.53. The second-order valence-electron chi connectivity index (χ2n) is 8.10. The summed E-state index contributed by atoms with van der Waals surface area (Å²) in [5.74, 6) is 0. The van der Waals surface area contributed by atoms with Gasteiger partial charge in [-0.25, -0.2) is 0 Å². The van der Waals surface area contributed by atoms with Crippen LogP contribution in [0, 0.1) is 0 Å². The second-order valence-corrected chi connectivity index (χ2v) is 8.53. The highest BCUT2D eigenvalue weighted by Crippen LogP contribution is 2.35. The quantitative estimate of drug-likeness (QED) is 0.454. The lowest BCUT2D eigenvalue weighted by atomic mass is 10.0. The van der Waals surface area contributed by atoms with Gasteiger partial charge in [0.1, 0.15) is 5.69 Å². The summed E-state index contributed by atoms with van der Waals surface area (Å²) in [5, 5.41) is 8.28. The SMILES string of the molecule is CC(C)(C)NCCCNc1c(-c2ccc(C(F)(F)F)nc2)cnc2cc(Cl)ccc12. The molecule has 0 spiro atoms. The topological polar surface area (TPSA) is 49.8 Å². The number of aromatic nitrogens is 2. The molecule has 2 N–H and O–H groups in total. The third-order valence-electron chi connectivity index (χ3n) is 4.51. The summed E-state index contributed by atoms with van der Waals surface area (Å²) in [6, 6.07) is 7.80. The molecule has 160 valence electrons. The number of pyridine rings is 2. The number of nitrogens with zero attached hydrogens (tertiary/aromatic N) is 2. The number of alkyl halides is 3. The first-order chi connectivity index (χ1) is 14.0. The molecule has 0 atom stereocenters. The molecule has 4 nitrogen and oxygen atoms in total. The van der Waals surface area contributed by atoms with Crippen LogP contribution in [0.4, 0.5) is 18.9 Å². The molecule has 0 aliphatic heterocycles. The van der Waals surface area contributed by atoms with Crippen molar-refractivity contribution in [3.8, 4) is 11.1 Å². The first kappa shape index (κ1) is 22.3. The maximum Gasteiger partial charge on any atom is 0.433 e. The van der Waals surface area contributed by atoms with Crippen LogP contribution in [0.5, 0.6) is 0 Å². The molecule has 3 aromatic rings. The van der Waals surface area contributed by atoms with Crippen LogP contribution in [-0.2, 0) is 6.18 Å². The van der Waals surface area contributed by atoms with Gasteiger partial charge < -0.3 is 10.6 Å². The standard InChI is InChI=1S/C22H24ClF3N4/c1-21(2,3)30-10-4-9-27-20-16-7-6-15(23)11-18(16)28-13-17(20)14-5-8-19(29-12-14)22(24,25)26/h5-8,11-13,30H,4,9-10H2,1-3H3,(H,27,28). The fourth-order valence-corrected chi connectivity index (χ4v) is 3.23. The highest BCUT2D eigenvalue weighted by atomic mass is 35.5. The molecule has 0 saturated heterocycles. The summed E-state index contributed by atoms with van der Waals surface area (Å²) < 4.78 is 38.6. The zero-order valence-electron chi connectivity index (χ0n) is 17.1. The van der Waals surface area contributed by atoms with E-state index in [4.69, 9.17) is 11.6 Å². The van der Waals surface area contributed by atoms with Crippen molar-refractivity contribution < 1.29 is 13.2 Å². The molecule has 2 aromatic heterocycles. The van der Waals surface area contributed by atoms with E-state index < -0.39 is 11.9 Å². The molecule has 1 aromatic carbocycles. The first-order valence-corrected chi connectivity index (χ1v) is 10.0. The van der Waals surface area contributed by atoms with E-state index in [1.54, 1.807) is 18.3 Å². The van der Waals surface area contributed by atoms with Crippen molar-refractivity contribution in [2.24, 2.45) is 0 Å². The molecule has 0 amide bonds. The number of nitrogens with one attached hydrogen (secondary N) is 2. The van der Waals surface area contributed by atoms with E-state index in [-0.39, 0.29) is 5.54 Å². The van der Waals surface area contributed by atoms with Crippen molar-refractivity contribution >= 4 is 28.2 Å². The fourth-order valence-electron chi connectivity index (χ4n) is 3.06. The van der Waals surface area contributed by atoms with Gasteiger partial charge in [0.15, 0.2) is 0 Å². The molecular formula is C22H24ClF3N4. The molecule has 2 heterocycles. The molecule has 0 radical (unpaired) electrons. The largest absolute Gasteiger partial charge is 0.433 e. The predicted molar refractivity (Wildman–Crippen MR) is 116 cm³/mol. The smallest absolute Gasteiger partial charge is 0.384 e. The zero-order chi connectivity index (χ0) is 21.9. The highest BCUT2D eigenvalue weighted by molar-refractivity contribution is 6.31. The van der Waals surface area contributed by atoms with E-state index in [0.717, 1.165) is 30.1 Å². The number of hydrogen-bond donors (Lipinski definition) is 2. The van der Waals surface area contributed by atoms with Crippen LogP contribution < -0.4 is 10.6 Å². The van der Waals surface area contributed by atoms with Crippen LogP contribution in [0.1, 0.15) is 32.9 Å². The van der Waals surface area contributed by atoms with E-state index in [2.05, 4.69) is 41.4 Å². The predicted octanol–water partition coefficient (Wildman–Crippen LogP) is 6.16. The number of halogens is 4. The minimum atomic E-state index is -4.47. The van der Waals surface area contributed by atoms with Gasteiger partial charge in [-0.15, -0.1) is 0 Å². The van der Waals surface area contributed by atoms with Gasteiger partial charge in [-0.3, -0.25) is 9.97 Å². The Morgan fingerprint density at radius 1 is 0.967 bits per heavy atom. The first-order valence-electron chi connectivity index (χ1n) is 9.65. The van der Waals surface area contributed by atoms with E-state index in [1.807, 2.05) is 6.07 Å². The third kappa shape index (κ3) is 5.61. The molecule has 0 aliphatic rings. The Bertz CT molecular complexity index is 1010. The van der Waals surface area contributed by atoms with Crippen LogP contribution in [0.25, 0.3) is 22.0 Å². The van der Waals surface area contributed by atoms with Gasteiger partial charge in [-0.2, -0.15) is 13.2 Å². The number of fused-ring (bicyclic) bond motifs is 1. The number of hydrogen-bond acceptors (Lipinski definition) is 4. The Balaban J connectivity index is 1.91. The number of rotatable bonds is 6. The van der Waals surface area contributed by atoms with E-state index in [0.29, 0.717) is 28.2 Å². The fraction of sp³-hybridized carbons (Fsp3) is 0.364. The van der Waals surface area contributed by atoms with Crippen molar-refractivity contribution in [1.82, 2.24) is 15.3 Å².